The van der Waals surface area contributed by atoms with E-state index < -0.39 is 0 Å². The Bertz CT molecular complexity index is 364. The molecular formula is C13H18FNO2. The molecule has 0 atom stereocenters. The minimum absolute atomic E-state index is 0.207. The summed E-state index contributed by atoms with van der Waals surface area (Å²) in [6.07, 6.45) is 2.23. The minimum Gasteiger partial charge on any atom is -0.489 e. The molecule has 0 aromatic heterocycles. The van der Waals surface area contributed by atoms with Crippen molar-refractivity contribution in [3.05, 3.63) is 24.0 Å². The van der Waals surface area contributed by atoms with Gasteiger partial charge in [0.15, 0.2) is 0 Å². The molecule has 4 heteroatoms. The SMILES string of the molecule is COCCOc1cccc(F)c1N1CCCC1. The fourth-order valence-electron chi connectivity index (χ4n) is 2.09. The predicted octanol–water partition coefficient (Wildman–Crippen LogP) is 2.45. The highest BCUT2D eigenvalue weighted by atomic mass is 19.1. The van der Waals surface area contributed by atoms with E-state index in [0.29, 0.717) is 24.7 Å². The molecule has 0 bridgehead atoms. The number of anilines is 1. The molecule has 1 heterocycles. The van der Waals surface area contributed by atoms with Gasteiger partial charge in [-0.25, -0.2) is 4.39 Å². The summed E-state index contributed by atoms with van der Waals surface area (Å²) in [6, 6.07) is 4.97. The summed E-state index contributed by atoms with van der Waals surface area (Å²) in [4.78, 5) is 2.05. The van der Waals surface area contributed by atoms with Gasteiger partial charge in [0.2, 0.25) is 0 Å². The van der Waals surface area contributed by atoms with Crippen molar-refractivity contribution in [1.29, 1.82) is 0 Å². The summed E-state index contributed by atoms with van der Waals surface area (Å²) in [5.74, 6) is 0.408. The quantitative estimate of drug-likeness (QED) is 0.737. The van der Waals surface area contributed by atoms with Gasteiger partial charge in [0.1, 0.15) is 23.9 Å². The third-order valence-electron chi connectivity index (χ3n) is 2.92. The van der Waals surface area contributed by atoms with Gasteiger partial charge in [-0.05, 0) is 25.0 Å². The highest BCUT2D eigenvalue weighted by molar-refractivity contribution is 5.60. The molecule has 1 aliphatic heterocycles. The van der Waals surface area contributed by atoms with Crippen LogP contribution in [0.4, 0.5) is 10.1 Å². The highest BCUT2D eigenvalue weighted by Crippen LogP contribution is 2.33. The summed E-state index contributed by atoms with van der Waals surface area (Å²) in [7, 11) is 1.62. The molecule has 3 nitrogen and oxygen atoms in total. The number of benzene rings is 1. The average molecular weight is 239 g/mol. The molecule has 1 aromatic carbocycles. The lowest BCUT2D eigenvalue weighted by Gasteiger charge is -2.21. The van der Waals surface area contributed by atoms with Crippen LogP contribution in [-0.2, 0) is 4.74 Å². The number of para-hydroxylation sites is 1. The Morgan fingerprint density at radius 1 is 1.24 bits per heavy atom. The zero-order valence-electron chi connectivity index (χ0n) is 10.1. The molecule has 0 spiro atoms. The van der Waals surface area contributed by atoms with Crippen LogP contribution >= 0.6 is 0 Å². The Hall–Kier alpha value is -1.29. The van der Waals surface area contributed by atoms with Crippen molar-refractivity contribution in [2.45, 2.75) is 12.8 Å². The first-order valence-corrected chi connectivity index (χ1v) is 5.98. The van der Waals surface area contributed by atoms with Gasteiger partial charge >= 0.3 is 0 Å². The summed E-state index contributed by atoms with van der Waals surface area (Å²) in [6.45, 7) is 2.76. The molecule has 0 saturated carbocycles. The Morgan fingerprint density at radius 2 is 2.00 bits per heavy atom. The summed E-state index contributed by atoms with van der Waals surface area (Å²) < 4.78 is 24.3. The van der Waals surface area contributed by atoms with Gasteiger partial charge in [-0.3, -0.25) is 0 Å². The van der Waals surface area contributed by atoms with E-state index in [9.17, 15) is 4.39 Å². The standard InChI is InChI=1S/C13H18FNO2/c1-16-9-10-17-12-6-4-5-11(14)13(12)15-7-2-3-8-15/h4-6H,2-3,7-10H2,1H3. The monoisotopic (exact) mass is 239 g/mol. The van der Waals surface area contributed by atoms with E-state index in [4.69, 9.17) is 9.47 Å². The van der Waals surface area contributed by atoms with Crippen LogP contribution in [0.3, 0.4) is 0 Å². The van der Waals surface area contributed by atoms with Crippen molar-refractivity contribution in [1.82, 2.24) is 0 Å². The summed E-state index contributed by atoms with van der Waals surface area (Å²) >= 11 is 0. The van der Waals surface area contributed by atoms with Gasteiger partial charge < -0.3 is 14.4 Å². The van der Waals surface area contributed by atoms with Crippen molar-refractivity contribution in [3.63, 3.8) is 0 Å². The molecule has 0 unspecified atom stereocenters. The first-order chi connectivity index (χ1) is 8.33. The first kappa shape index (κ1) is 12.2. The van der Waals surface area contributed by atoms with Gasteiger partial charge in [-0.15, -0.1) is 0 Å². The Balaban J connectivity index is 2.15. The van der Waals surface area contributed by atoms with Gasteiger partial charge in [0.05, 0.1) is 6.61 Å². The van der Waals surface area contributed by atoms with Crippen LogP contribution in [0, 0.1) is 5.82 Å². The number of ether oxygens (including phenoxy) is 2. The molecule has 1 saturated heterocycles. The number of hydrogen-bond acceptors (Lipinski definition) is 3. The highest BCUT2D eigenvalue weighted by Gasteiger charge is 2.20. The van der Waals surface area contributed by atoms with Crippen LogP contribution < -0.4 is 9.64 Å². The minimum atomic E-state index is -0.207. The lowest BCUT2D eigenvalue weighted by molar-refractivity contribution is 0.146. The van der Waals surface area contributed by atoms with Gasteiger partial charge in [0, 0.05) is 20.2 Å². The van der Waals surface area contributed by atoms with Gasteiger partial charge in [-0.2, -0.15) is 0 Å². The lowest BCUT2D eigenvalue weighted by atomic mass is 10.2. The smallest absolute Gasteiger partial charge is 0.150 e. The molecule has 1 fully saturated rings. The largest absolute Gasteiger partial charge is 0.489 e. The van der Waals surface area contributed by atoms with Crippen LogP contribution in [-0.4, -0.2) is 33.4 Å². The summed E-state index contributed by atoms with van der Waals surface area (Å²) in [5.41, 5.74) is 0.598. The van der Waals surface area contributed by atoms with Crippen molar-refractivity contribution in [3.8, 4) is 5.75 Å². The van der Waals surface area contributed by atoms with E-state index in [-0.39, 0.29) is 5.82 Å². The number of halogens is 1. The fourth-order valence-corrected chi connectivity index (χ4v) is 2.09. The molecule has 0 aliphatic carbocycles. The van der Waals surface area contributed by atoms with Crippen LogP contribution in [0.5, 0.6) is 5.75 Å². The van der Waals surface area contributed by atoms with E-state index in [1.807, 2.05) is 6.07 Å². The molecule has 17 heavy (non-hydrogen) atoms. The maximum Gasteiger partial charge on any atom is 0.150 e. The molecular weight excluding hydrogens is 221 g/mol. The second-order valence-electron chi connectivity index (χ2n) is 4.12. The van der Waals surface area contributed by atoms with E-state index in [1.54, 1.807) is 13.2 Å². The fraction of sp³-hybridized carbons (Fsp3) is 0.538. The van der Waals surface area contributed by atoms with E-state index >= 15 is 0 Å². The number of hydrogen-bond donors (Lipinski definition) is 0. The Labute approximate surface area is 101 Å². The Kier molecular flexibility index (Phi) is 4.20. The van der Waals surface area contributed by atoms with Crippen LogP contribution in [0.2, 0.25) is 0 Å². The maximum atomic E-state index is 13.9. The van der Waals surface area contributed by atoms with Crippen LogP contribution in [0.1, 0.15) is 12.8 Å². The van der Waals surface area contributed by atoms with Crippen LogP contribution in [0.15, 0.2) is 18.2 Å². The summed E-state index contributed by atoms with van der Waals surface area (Å²) in [5, 5.41) is 0. The first-order valence-electron chi connectivity index (χ1n) is 5.98. The average Bonchev–Trinajstić information content (AvgIpc) is 2.83. The molecule has 0 radical (unpaired) electrons. The van der Waals surface area contributed by atoms with Crippen molar-refractivity contribution in [2.24, 2.45) is 0 Å². The molecule has 0 amide bonds. The van der Waals surface area contributed by atoms with Crippen molar-refractivity contribution >= 4 is 5.69 Å². The number of rotatable bonds is 5. The zero-order valence-corrected chi connectivity index (χ0v) is 10.1. The Morgan fingerprint density at radius 3 is 2.71 bits per heavy atom. The number of nitrogens with zero attached hydrogens (tertiary/aromatic N) is 1. The zero-order chi connectivity index (χ0) is 12.1. The molecule has 1 aliphatic rings. The van der Waals surface area contributed by atoms with Gasteiger partial charge in [0.25, 0.3) is 0 Å². The maximum absolute atomic E-state index is 13.9. The topological polar surface area (TPSA) is 21.7 Å². The molecule has 0 N–H and O–H groups in total. The third-order valence-corrected chi connectivity index (χ3v) is 2.92. The van der Waals surface area contributed by atoms with E-state index in [2.05, 4.69) is 4.90 Å². The second kappa shape index (κ2) is 5.87. The molecule has 94 valence electrons. The molecule has 1 aromatic rings. The lowest BCUT2D eigenvalue weighted by Crippen LogP contribution is -2.20. The normalized spacial score (nSPS) is 15.3. The number of methoxy groups -OCH3 is 1. The van der Waals surface area contributed by atoms with Crippen LogP contribution in [0.25, 0.3) is 0 Å². The van der Waals surface area contributed by atoms with Crippen molar-refractivity contribution < 1.29 is 13.9 Å². The van der Waals surface area contributed by atoms with E-state index in [0.717, 1.165) is 25.9 Å². The van der Waals surface area contributed by atoms with E-state index in [1.165, 1.54) is 6.07 Å². The second-order valence-corrected chi connectivity index (χ2v) is 4.12. The van der Waals surface area contributed by atoms with Crippen molar-refractivity contribution in [2.75, 3.05) is 38.3 Å². The van der Waals surface area contributed by atoms with Gasteiger partial charge in [-0.1, -0.05) is 6.07 Å². The third kappa shape index (κ3) is 2.88. The molecule has 2 rings (SSSR count). The predicted molar refractivity (Wildman–Crippen MR) is 65.2 cm³/mol.